The number of nitrogens with zero attached hydrogens (tertiary/aromatic N) is 4. The molecule has 2 aromatic heterocycles. The smallest absolute Gasteiger partial charge is 0.244 e. The Hall–Kier alpha value is -1.69. The minimum absolute atomic E-state index is 0.135. The highest BCUT2D eigenvalue weighted by Gasteiger charge is 2.29. The SMILES string of the molecule is Cc1cnn(CC(=O)N2CCCC[C@H]2c2nc(C)cs2)c1. The molecule has 6 heteroatoms. The molecule has 112 valence electrons. The number of carbonyl (C=O) groups excluding carboxylic acids is 1. The quantitative estimate of drug-likeness (QED) is 0.876. The molecule has 0 radical (unpaired) electrons. The van der Waals surface area contributed by atoms with Crippen molar-refractivity contribution in [2.75, 3.05) is 6.54 Å². The molecule has 0 spiro atoms. The van der Waals surface area contributed by atoms with E-state index < -0.39 is 0 Å². The Kier molecular flexibility index (Phi) is 4.05. The van der Waals surface area contributed by atoms with Gasteiger partial charge in [-0.15, -0.1) is 11.3 Å². The van der Waals surface area contributed by atoms with Crippen molar-refractivity contribution < 1.29 is 4.79 Å². The molecule has 0 N–H and O–H groups in total. The van der Waals surface area contributed by atoms with Crippen molar-refractivity contribution >= 4 is 17.2 Å². The normalized spacial score (nSPS) is 19.0. The lowest BCUT2D eigenvalue weighted by atomic mass is 10.0. The van der Waals surface area contributed by atoms with Crippen LogP contribution in [0.4, 0.5) is 0 Å². The second-order valence-corrected chi connectivity index (χ2v) is 6.53. The van der Waals surface area contributed by atoms with E-state index in [-0.39, 0.29) is 11.9 Å². The molecule has 1 aliphatic heterocycles. The van der Waals surface area contributed by atoms with Crippen molar-refractivity contribution in [2.45, 2.75) is 45.7 Å². The highest BCUT2D eigenvalue weighted by molar-refractivity contribution is 7.09. The van der Waals surface area contributed by atoms with Crippen LogP contribution in [0.25, 0.3) is 0 Å². The number of aryl methyl sites for hydroxylation is 2. The molecule has 1 fully saturated rings. The van der Waals surface area contributed by atoms with Crippen LogP contribution in [0.2, 0.25) is 0 Å². The number of thiazole rings is 1. The molecule has 0 unspecified atom stereocenters. The first-order chi connectivity index (χ1) is 10.1. The van der Waals surface area contributed by atoms with Crippen LogP contribution < -0.4 is 0 Å². The molecule has 5 nitrogen and oxygen atoms in total. The number of hydrogen-bond donors (Lipinski definition) is 0. The van der Waals surface area contributed by atoms with Gasteiger partial charge in [0.15, 0.2) is 0 Å². The van der Waals surface area contributed by atoms with Crippen LogP contribution in [0.3, 0.4) is 0 Å². The summed E-state index contributed by atoms with van der Waals surface area (Å²) >= 11 is 1.66. The fraction of sp³-hybridized carbons (Fsp3) is 0.533. The minimum atomic E-state index is 0.135. The molecule has 0 aromatic carbocycles. The molecule has 1 saturated heterocycles. The van der Waals surface area contributed by atoms with Crippen LogP contribution in [0.5, 0.6) is 0 Å². The summed E-state index contributed by atoms with van der Waals surface area (Å²) in [6.07, 6.45) is 6.94. The summed E-state index contributed by atoms with van der Waals surface area (Å²) in [6.45, 7) is 5.12. The standard InChI is InChI=1S/C15H20N4OS/c1-11-7-16-18(8-11)9-14(20)19-6-4-3-5-13(19)15-17-12(2)10-21-15/h7-8,10,13H,3-6,9H2,1-2H3/t13-/m0/s1. The van der Waals surface area contributed by atoms with Gasteiger partial charge in [-0.1, -0.05) is 0 Å². The summed E-state index contributed by atoms with van der Waals surface area (Å²) < 4.78 is 1.72. The highest BCUT2D eigenvalue weighted by atomic mass is 32.1. The Bertz CT molecular complexity index is 633. The summed E-state index contributed by atoms with van der Waals surface area (Å²) in [4.78, 5) is 19.2. The number of hydrogen-bond acceptors (Lipinski definition) is 4. The maximum Gasteiger partial charge on any atom is 0.244 e. The topological polar surface area (TPSA) is 51.0 Å². The molecule has 3 rings (SSSR count). The van der Waals surface area contributed by atoms with E-state index in [4.69, 9.17) is 0 Å². The largest absolute Gasteiger partial charge is 0.332 e. The van der Waals surface area contributed by atoms with E-state index in [1.54, 1.807) is 22.2 Å². The second-order valence-electron chi connectivity index (χ2n) is 5.64. The van der Waals surface area contributed by atoms with Gasteiger partial charge in [0.2, 0.25) is 5.91 Å². The van der Waals surface area contributed by atoms with Crippen LogP contribution in [0.1, 0.15) is 41.6 Å². The van der Waals surface area contributed by atoms with Crippen LogP contribution in [0, 0.1) is 13.8 Å². The van der Waals surface area contributed by atoms with Gasteiger partial charge >= 0.3 is 0 Å². The van der Waals surface area contributed by atoms with Gasteiger partial charge in [-0.2, -0.15) is 5.10 Å². The zero-order chi connectivity index (χ0) is 14.8. The van der Waals surface area contributed by atoms with E-state index in [2.05, 4.69) is 15.5 Å². The monoisotopic (exact) mass is 304 g/mol. The lowest BCUT2D eigenvalue weighted by Gasteiger charge is -2.34. The number of piperidine rings is 1. The van der Waals surface area contributed by atoms with Crippen molar-refractivity contribution in [3.8, 4) is 0 Å². The first-order valence-corrected chi connectivity index (χ1v) is 8.22. The third-order valence-electron chi connectivity index (χ3n) is 3.80. The van der Waals surface area contributed by atoms with Crippen molar-refractivity contribution in [3.63, 3.8) is 0 Å². The van der Waals surface area contributed by atoms with Gasteiger partial charge in [0, 0.05) is 23.8 Å². The average molecular weight is 304 g/mol. The molecule has 2 aromatic rings. The maximum absolute atomic E-state index is 12.6. The molecule has 0 aliphatic carbocycles. The van der Waals surface area contributed by atoms with Crippen LogP contribution >= 0.6 is 11.3 Å². The Morgan fingerprint density at radius 3 is 2.95 bits per heavy atom. The van der Waals surface area contributed by atoms with Crippen molar-refractivity contribution in [1.29, 1.82) is 0 Å². The third kappa shape index (κ3) is 3.15. The Morgan fingerprint density at radius 2 is 2.29 bits per heavy atom. The maximum atomic E-state index is 12.6. The van der Waals surface area contributed by atoms with Gasteiger partial charge in [0.05, 0.1) is 12.2 Å². The van der Waals surface area contributed by atoms with Gasteiger partial charge in [0.25, 0.3) is 0 Å². The molecule has 21 heavy (non-hydrogen) atoms. The van der Waals surface area contributed by atoms with Gasteiger partial charge in [-0.05, 0) is 38.7 Å². The van der Waals surface area contributed by atoms with E-state index in [9.17, 15) is 4.79 Å². The van der Waals surface area contributed by atoms with Gasteiger partial charge in [0.1, 0.15) is 11.6 Å². The van der Waals surface area contributed by atoms with Gasteiger partial charge in [-0.25, -0.2) is 4.98 Å². The second kappa shape index (κ2) is 5.97. The molecule has 0 saturated carbocycles. The van der Waals surface area contributed by atoms with Crippen LogP contribution in [-0.2, 0) is 11.3 Å². The van der Waals surface area contributed by atoms with Crippen molar-refractivity contribution in [3.05, 3.63) is 34.0 Å². The summed E-state index contributed by atoms with van der Waals surface area (Å²) in [7, 11) is 0. The van der Waals surface area contributed by atoms with E-state index in [1.807, 2.05) is 24.9 Å². The number of amides is 1. The van der Waals surface area contributed by atoms with Crippen LogP contribution in [-0.4, -0.2) is 32.1 Å². The summed E-state index contributed by atoms with van der Waals surface area (Å²) in [5.74, 6) is 0.135. The van der Waals surface area contributed by atoms with Crippen molar-refractivity contribution in [1.82, 2.24) is 19.7 Å². The zero-order valence-corrected chi connectivity index (χ0v) is 13.3. The van der Waals surface area contributed by atoms with E-state index in [0.29, 0.717) is 6.54 Å². The number of likely N-dealkylation sites (tertiary alicyclic amines) is 1. The van der Waals surface area contributed by atoms with Crippen LogP contribution in [0.15, 0.2) is 17.8 Å². The van der Waals surface area contributed by atoms with Gasteiger partial charge < -0.3 is 4.90 Å². The Morgan fingerprint density at radius 1 is 1.43 bits per heavy atom. The fourth-order valence-electron chi connectivity index (χ4n) is 2.79. The number of carbonyl (C=O) groups is 1. The lowest BCUT2D eigenvalue weighted by molar-refractivity contribution is -0.135. The molecule has 3 heterocycles. The number of aromatic nitrogens is 3. The fourth-order valence-corrected chi connectivity index (χ4v) is 3.74. The lowest BCUT2D eigenvalue weighted by Crippen LogP contribution is -2.40. The highest BCUT2D eigenvalue weighted by Crippen LogP contribution is 2.32. The average Bonchev–Trinajstić information content (AvgIpc) is 3.07. The van der Waals surface area contributed by atoms with Crippen molar-refractivity contribution in [2.24, 2.45) is 0 Å². The first kappa shape index (κ1) is 14.3. The first-order valence-electron chi connectivity index (χ1n) is 7.34. The minimum Gasteiger partial charge on any atom is -0.332 e. The molecule has 0 bridgehead atoms. The van der Waals surface area contributed by atoms with E-state index >= 15 is 0 Å². The predicted molar refractivity (Wildman–Crippen MR) is 82.1 cm³/mol. The molecule has 1 amide bonds. The summed E-state index contributed by atoms with van der Waals surface area (Å²) in [5, 5.41) is 7.33. The van der Waals surface area contributed by atoms with E-state index in [1.165, 1.54) is 0 Å². The third-order valence-corrected chi connectivity index (χ3v) is 4.87. The van der Waals surface area contributed by atoms with E-state index in [0.717, 1.165) is 42.1 Å². The summed E-state index contributed by atoms with van der Waals surface area (Å²) in [5.41, 5.74) is 2.12. The Labute approximate surface area is 128 Å². The Balaban J connectivity index is 1.75. The molecular formula is C15H20N4OS. The zero-order valence-electron chi connectivity index (χ0n) is 12.5. The van der Waals surface area contributed by atoms with Gasteiger partial charge in [-0.3, -0.25) is 9.48 Å². The molecule has 1 atom stereocenters. The number of rotatable bonds is 3. The summed E-state index contributed by atoms with van der Waals surface area (Å²) in [6, 6.07) is 0.140. The molecular weight excluding hydrogens is 284 g/mol. The molecule has 1 aliphatic rings. The predicted octanol–water partition coefficient (Wildman–Crippen LogP) is 2.71.